The molecule has 1 aromatic heterocycles. The zero-order valence-corrected chi connectivity index (χ0v) is 13.1. The Labute approximate surface area is 118 Å². The summed E-state index contributed by atoms with van der Waals surface area (Å²) in [6, 6.07) is 3.40. The number of rotatable bonds is 5. The maximum absolute atomic E-state index is 12.0. The molecule has 1 aromatic rings. The summed E-state index contributed by atoms with van der Waals surface area (Å²) >= 11 is 1.25. The Hall–Kier alpha value is -0.440. The predicted molar refractivity (Wildman–Crippen MR) is 75.6 cm³/mol. The maximum Gasteiger partial charge on any atom is 0.250 e. The summed E-state index contributed by atoms with van der Waals surface area (Å²) in [6.45, 7) is 2.17. The molecule has 2 rings (SSSR count). The molecular weight excluding hydrogens is 306 g/mol. The van der Waals surface area contributed by atoms with Gasteiger partial charge in [0.15, 0.2) is 9.84 Å². The topological polar surface area (TPSA) is 80.3 Å². The number of thiophene rings is 1. The van der Waals surface area contributed by atoms with Gasteiger partial charge in [-0.25, -0.2) is 21.6 Å². The zero-order valence-electron chi connectivity index (χ0n) is 10.6. The first kappa shape index (κ1) is 15.0. The third-order valence-electron chi connectivity index (χ3n) is 3.14. The van der Waals surface area contributed by atoms with Gasteiger partial charge >= 0.3 is 0 Å². The monoisotopic (exact) mass is 323 g/mol. The molecule has 108 valence electrons. The van der Waals surface area contributed by atoms with Crippen LogP contribution in [0.3, 0.4) is 0 Å². The van der Waals surface area contributed by atoms with E-state index in [9.17, 15) is 16.8 Å². The van der Waals surface area contributed by atoms with Gasteiger partial charge in [-0.3, -0.25) is 0 Å². The van der Waals surface area contributed by atoms with Crippen LogP contribution in [0.15, 0.2) is 16.3 Å². The van der Waals surface area contributed by atoms with Crippen LogP contribution >= 0.6 is 11.3 Å². The summed E-state index contributed by atoms with van der Waals surface area (Å²) < 4.78 is 49.5. The highest BCUT2D eigenvalue weighted by Gasteiger charge is 2.29. The van der Waals surface area contributed by atoms with Crippen molar-refractivity contribution >= 4 is 31.2 Å². The molecule has 2 heterocycles. The van der Waals surface area contributed by atoms with Crippen molar-refractivity contribution in [3.8, 4) is 0 Å². The molecule has 0 spiro atoms. The third kappa shape index (κ3) is 3.77. The van der Waals surface area contributed by atoms with Crippen LogP contribution in [0, 0.1) is 5.92 Å². The third-order valence-corrected chi connectivity index (χ3v) is 8.12. The van der Waals surface area contributed by atoms with E-state index < -0.39 is 19.9 Å². The van der Waals surface area contributed by atoms with E-state index in [-0.39, 0.29) is 24.0 Å². The summed E-state index contributed by atoms with van der Waals surface area (Å²) in [5.41, 5.74) is 0. The molecule has 0 aliphatic carbocycles. The van der Waals surface area contributed by atoms with Crippen LogP contribution < -0.4 is 4.72 Å². The number of hydrogen-bond acceptors (Lipinski definition) is 5. The standard InChI is InChI=1S/C11H17NO4S3/c1-2-10-3-4-11(17-10)19(15,16)12-7-9-5-6-18(13,14)8-9/h3-4,9,12H,2,5-8H2,1H3/t9-/m1/s1. The van der Waals surface area contributed by atoms with Crippen LogP contribution in [-0.2, 0) is 26.3 Å². The molecule has 1 fully saturated rings. The second-order valence-electron chi connectivity index (χ2n) is 4.70. The lowest BCUT2D eigenvalue weighted by molar-refractivity contribution is 0.544. The van der Waals surface area contributed by atoms with Gasteiger partial charge in [0, 0.05) is 11.4 Å². The van der Waals surface area contributed by atoms with E-state index in [1.165, 1.54) is 11.3 Å². The van der Waals surface area contributed by atoms with Gasteiger partial charge in [0.25, 0.3) is 0 Å². The van der Waals surface area contributed by atoms with Crippen molar-refractivity contribution in [2.45, 2.75) is 24.0 Å². The van der Waals surface area contributed by atoms with E-state index in [0.717, 1.165) is 11.3 Å². The van der Waals surface area contributed by atoms with Crippen molar-refractivity contribution in [2.24, 2.45) is 5.92 Å². The summed E-state index contributed by atoms with van der Waals surface area (Å²) in [5.74, 6) is 0.142. The Morgan fingerprint density at radius 3 is 2.68 bits per heavy atom. The van der Waals surface area contributed by atoms with E-state index in [2.05, 4.69) is 4.72 Å². The van der Waals surface area contributed by atoms with E-state index in [1.807, 2.05) is 6.92 Å². The summed E-state index contributed by atoms with van der Waals surface area (Å²) in [5, 5.41) is 0. The average molecular weight is 323 g/mol. The van der Waals surface area contributed by atoms with E-state index >= 15 is 0 Å². The Kier molecular flexibility index (Phi) is 4.34. The molecule has 1 saturated heterocycles. The van der Waals surface area contributed by atoms with E-state index in [1.54, 1.807) is 12.1 Å². The average Bonchev–Trinajstić information content (AvgIpc) is 2.93. The maximum atomic E-state index is 12.0. The van der Waals surface area contributed by atoms with Crippen molar-refractivity contribution in [3.05, 3.63) is 17.0 Å². The van der Waals surface area contributed by atoms with Gasteiger partial charge in [-0.05, 0) is 30.9 Å². The highest BCUT2D eigenvalue weighted by Crippen LogP contribution is 2.23. The predicted octanol–water partition coefficient (Wildman–Crippen LogP) is 1.02. The van der Waals surface area contributed by atoms with Crippen LogP contribution in [0.25, 0.3) is 0 Å². The van der Waals surface area contributed by atoms with Crippen molar-refractivity contribution in [1.82, 2.24) is 4.72 Å². The molecule has 1 N–H and O–H groups in total. The summed E-state index contributed by atoms with van der Waals surface area (Å²) in [7, 11) is -6.46. The SMILES string of the molecule is CCc1ccc(S(=O)(=O)NC[C@H]2CCS(=O)(=O)C2)s1. The first-order valence-electron chi connectivity index (χ1n) is 6.11. The molecule has 1 aliphatic heterocycles. The summed E-state index contributed by atoms with van der Waals surface area (Å²) in [6.07, 6.45) is 1.34. The minimum atomic E-state index is -3.50. The molecule has 8 heteroatoms. The lowest BCUT2D eigenvalue weighted by Gasteiger charge is -2.09. The molecule has 0 bridgehead atoms. The van der Waals surface area contributed by atoms with Gasteiger partial charge < -0.3 is 0 Å². The number of nitrogens with one attached hydrogen (secondary N) is 1. The van der Waals surface area contributed by atoms with Crippen molar-refractivity contribution in [3.63, 3.8) is 0 Å². The Morgan fingerprint density at radius 1 is 1.42 bits per heavy atom. The van der Waals surface area contributed by atoms with Gasteiger partial charge in [-0.15, -0.1) is 11.3 Å². The molecular formula is C11H17NO4S3. The lowest BCUT2D eigenvalue weighted by Crippen LogP contribution is -2.29. The first-order chi connectivity index (χ1) is 8.82. The molecule has 1 atom stereocenters. The number of aryl methyl sites for hydroxylation is 1. The normalized spacial score (nSPS) is 22.7. The Morgan fingerprint density at radius 2 is 2.16 bits per heavy atom. The van der Waals surface area contributed by atoms with Crippen molar-refractivity contribution in [1.29, 1.82) is 0 Å². The number of hydrogen-bond donors (Lipinski definition) is 1. The van der Waals surface area contributed by atoms with E-state index in [0.29, 0.717) is 10.6 Å². The van der Waals surface area contributed by atoms with Crippen LogP contribution in [0.1, 0.15) is 18.2 Å². The summed E-state index contributed by atoms with van der Waals surface area (Å²) in [4.78, 5) is 1.02. The van der Waals surface area contributed by atoms with Gasteiger partial charge in [0.2, 0.25) is 10.0 Å². The molecule has 19 heavy (non-hydrogen) atoms. The van der Waals surface area contributed by atoms with Gasteiger partial charge in [-0.2, -0.15) is 0 Å². The fourth-order valence-corrected chi connectivity index (χ4v) is 6.34. The van der Waals surface area contributed by atoms with Crippen molar-refractivity contribution < 1.29 is 16.8 Å². The molecule has 0 aromatic carbocycles. The molecule has 0 amide bonds. The minimum Gasteiger partial charge on any atom is -0.229 e. The number of sulfonamides is 1. The first-order valence-corrected chi connectivity index (χ1v) is 10.2. The molecule has 1 aliphatic rings. The largest absolute Gasteiger partial charge is 0.250 e. The molecule has 5 nitrogen and oxygen atoms in total. The molecule has 0 unspecified atom stereocenters. The Balaban J connectivity index is 1.98. The van der Waals surface area contributed by atoms with Crippen LogP contribution in [-0.4, -0.2) is 34.9 Å². The Bertz CT molecular complexity index is 645. The highest BCUT2D eigenvalue weighted by molar-refractivity contribution is 7.92. The fourth-order valence-electron chi connectivity index (χ4n) is 2.02. The quantitative estimate of drug-likeness (QED) is 0.877. The highest BCUT2D eigenvalue weighted by atomic mass is 32.2. The minimum absolute atomic E-state index is 0.0835. The molecule has 0 saturated carbocycles. The van der Waals surface area contributed by atoms with Gasteiger partial charge in [0.1, 0.15) is 4.21 Å². The molecule has 0 radical (unpaired) electrons. The second-order valence-corrected chi connectivity index (χ2v) is 10.1. The fraction of sp³-hybridized carbons (Fsp3) is 0.636. The van der Waals surface area contributed by atoms with Gasteiger partial charge in [0.05, 0.1) is 11.5 Å². The smallest absolute Gasteiger partial charge is 0.229 e. The second kappa shape index (κ2) is 5.51. The van der Waals surface area contributed by atoms with Crippen LogP contribution in [0.2, 0.25) is 0 Å². The number of sulfone groups is 1. The van der Waals surface area contributed by atoms with Crippen LogP contribution in [0.4, 0.5) is 0 Å². The van der Waals surface area contributed by atoms with Crippen molar-refractivity contribution in [2.75, 3.05) is 18.1 Å². The van der Waals surface area contributed by atoms with E-state index in [4.69, 9.17) is 0 Å². The lowest BCUT2D eigenvalue weighted by atomic mass is 10.1. The zero-order chi connectivity index (χ0) is 14.1. The van der Waals surface area contributed by atoms with Crippen LogP contribution in [0.5, 0.6) is 0 Å². The van der Waals surface area contributed by atoms with Gasteiger partial charge in [-0.1, -0.05) is 6.92 Å².